The molecule has 1 aromatic carbocycles. The number of amides is 2. The first-order valence-electron chi connectivity index (χ1n) is 12.0. The third-order valence-corrected chi connectivity index (χ3v) is 8.94. The monoisotopic (exact) mass is 538 g/mol. The van der Waals surface area contributed by atoms with Crippen LogP contribution in [0.4, 0.5) is 8.78 Å². The number of benzene rings is 1. The molecule has 3 aliphatic carbocycles. The predicted molar refractivity (Wildman–Crippen MR) is 129 cm³/mol. The highest BCUT2D eigenvalue weighted by Crippen LogP contribution is 2.64. The molecular weight excluding hydrogens is 513 g/mol. The molecule has 7 nitrogen and oxygen atoms in total. The molecule has 192 valence electrons. The van der Waals surface area contributed by atoms with Crippen LogP contribution in [0.15, 0.2) is 30.9 Å². The van der Waals surface area contributed by atoms with Gasteiger partial charge in [-0.2, -0.15) is 0 Å². The van der Waals surface area contributed by atoms with Crippen LogP contribution in [0.2, 0.25) is 10.0 Å². The van der Waals surface area contributed by atoms with Crippen LogP contribution in [0.25, 0.3) is 0 Å². The molecule has 0 radical (unpaired) electrons. The van der Waals surface area contributed by atoms with Crippen LogP contribution in [0.5, 0.6) is 0 Å². The van der Waals surface area contributed by atoms with Crippen molar-refractivity contribution in [2.75, 3.05) is 0 Å². The van der Waals surface area contributed by atoms with Crippen molar-refractivity contribution in [3.63, 3.8) is 0 Å². The minimum Gasteiger partial charge on any atom is -0.391 e. The van der Waals surface area contributed by atoms with Gasteiger partial charge in [0.1, 0.15) is 17.8 Å². The van der Waals surface area contributed by atoms with E-state index < -0.39 is 52.8 Å². The average Bonchev–Trinajstić information content (AvgIpc) is 3.52. The zero-order valence-corrected chi connectivity index (χ0v) is 20.8. The quantitative estimate of drug-likeness (QED) is 0.475. The molecule has 36 heavy (non-hydrogen) atoms. The van der Waals surface area contributed by atoms with Gasteiger partial charge in [0.15, 0.2) is 0 Å². The van der Waals surface area contributed by atoms with Crippen molar-refractivity contribution >= 4 is 35.0 Å². The summed E-state index contributed by atoms with van der Waals surface area (Å²) in [5.41, 5.74) is -1.71. The number of rotatable bonds is 6. The molecule has 3 saturated carbocycles. The highest BCUT2D eigenvalue weighted by atomic mass is 35.5. The van der Waals surface area contributed by atoms with E-state index in [0.29, 0.717) is 25.7 Å². The highest BCUT2D eigenvalue weighted by Gasteiger charge is 2.59. The Bertz CT molecular complexity index is 1180. The number of carbonyl (C=O) groups is 2. The Hall–Kier alpha value is -2.36. The topological polar surface area (TPSA) is 104 Å². The fraction of sp³-hybridized carbons (Fsp3) is 0.520. The fourth-order valence-electron chi connectivity index (χ4n) is 6.22. The van der Waals surface area contributed by atoms with Crippen LogP contribution in [0.3, 0.4) is 0 Å². The first-order valence-corrected chi connectivity index (χ1v) is 12.7. The number of aliphatic hydroxyl groups is 1. The van der Waals surface area contributed by atoms with Crippen molar-refractivity contribution in [3.8, 4) is 0 Å². The van der Waals surface area contributed by atoms with Gasteiger partial charge in [0.2, 0.25) is 5.91 Å². The average molecular weight is 539 g/mol. The number of halogens is 4. The molecule has 11 heteroatoms. The van der Waals surface area contributed by atoms with Gasteiger partial charge in [-0.05, 0) is 62.5 Å². The summed E-state index contributed by atoms with van der Waals surface area (Å²) in [4.78, 5) is 33.5. The Labute approximate surface area is 217 Å². The van der Waals surface area contributed by atoms with Crippen LogP contribution in [0.1, 0.15) is 66.9 Å². The second kappa shape index (κ2) is 9.50. The van der Waals surface area contributed by atoms with Crippen LogP contribution in [-0.4, -0.2) is 44.7 Å². The summed E-state index contributed by atoms with van der Waals surface area (Å²) < 4.78 is 30.3. The van der Waals surface area contributed by atoms with Gasteiger partial charge in [0.25, 0.3) is 5.91 Å². The maximum absolute atomic E-state index is 15.1. The maximum Gasteiger partial charge on any atom is 0.254 e. The SMILES string of the molecule is O=C(N[C@H]1C[C@H](C(=O)N[C@H](c2c(F)ccc(Cl)c2Cl)C23CCC(F)(CC2)C3)C[C@H]1O)c1cncnc1. The van der Waals surface area contributed by atoms with E-state index in [4.69, 9.17) is 23.2 Å². The summed E-state index contributed by atoms with van der Waals surface area (Å²) in [6.45, 7) is 0. The second-order valence-electron chi connectivity index (χ2n) is 10.3. The smallest absolute Gasteiger partial charge is 0.254 e. The third-order valence-electron chi connectivity index (χ3n) is 8.12. The minimum atomic E-state index is -1.33. The number of aromatic nitrogens is 2. The molecular formula is C25H26Cl2F2N4O3. The van der Waals surface area contributed by atoms with Crippen LogP contribution in [0, 0.1) is 17.2 Å². The van der Waals surface area contributed by atoms with E-state index in [-0.39, 0.29) is 40.4 Å². The van der Waals surface area contributed by atoms with Gasteiger partial charge in [-0.15, -0.1) is 0 Å². The first-order chi connectivity index (χ1) is 17.1. The van der Waals surface area contributed by atoms with Gasteiger partial charge in [-0.25, -0.2) is 18.7 Å². The Morgan fingerprint density at radius 1 is 1.11 bits per heavy atom. The molecule has 2 bridgehead atoms. The van der Waals surface area contributed by atoms with Gasteiger partial charge in [0.05, 0.1) is 33.8 Å². The molecule has 2 aromatic rings. The standard InChI is InChI=1S/C25H26Cl2F2N4O3/c26-15-1-2-16(28)19(20(15)27)21(24-3-5-25(29,11-24)6-4-24)33-22(35)13-7-17(18(34)8-13)32-23(36)14-9-30-12-31-10-14/h1-2,9-10,12-13,17-18,21,34H,3-8,11H2,(H,32,36)(H,33,35)/t13-,17-,18+,21+,24?,25?/m0/s1. The van der Waals surface area contributed by atoms with Crippen molar-refractivity contribution in [2.45, 2.75) is 68.8 Å². The number of nitrogens with one attached hydrogen (secondary N) is 2. The number of fused-ring (bicyclic) bond motifs is 2. The number of hydrogen-bond donors (Lipinski definition) is 3. The lowest BCUT2D eigenvalue weighted by atomic mass is 9.74. The summed E-state index contributed by atoms with van der Waals surface area (Å²) in [6, 6.07) is 1.02. The summed E-state index contributed by atoms with van der Waals surface area (Å²) in [5.74, 6) is -2.13. The number of alkyl halides is 1. The van der Waals surface area contributed by atoms with Crippen LogP contribution < -0.4 is 10.6 Å². The molecule has 0 unspecified atom stereocenters. The lowest BCUT2D eigenvalue weighted by Gasteiger charge is -2.38. The molecule has 2 amide bonds. The molecule has 3 aliphatic rings. The van der Waals surface area contributed by atoms with E-state index in [1.54, 1.807) is 0 Å². The minimum absolute atomic E-state index is 0.00118. The lowest BCUT2D eigenvalue weighted by molar-refractivity contribution is -0.127. The van der Waals surface area contributed by atoms with E-state index in [0.717, 1.165) is 0 Å². The Kier molecular flexibility index (Phi) is 6.68. The van der Waals surface area contributed by atoms with Crippen LogP contribution in [-0.2, 0) is 4.79 Å². The summed E-state index contributed by atoms with van der Waals surface area (Å²) in [7, 11) is 0. The number of hydrogen-bond acceptors (Lipinski definition) is 5. The third kappa shape index (κ3) is 4.57. The van der Waals surface area contributed by atoms with Crippen molar-refractivity contribution in [1.82, 2.24) is 20.6 Å². The van der Waals surface area contributed by atoms with E-state index >= 15 is 8.78 Å². The maximum atomic E-state index is 15.1. The van der Waals surface area contributed by atoms with Crippen molar-refractivity contribution in [1.29, 1.82) is 0 Å². The van der Waals surface area contributed by atoms with Gasteiger partial charge in [0, 0.05) is 23.9 Å². The van der Waals surface area contributed by atoms with Crippen molar-refractivity contribution in [3.05, 3.63) is 57.8 Å². The molecule has 0 saturated heterocycles. The molecule has 1 aromatic heterocycles. The number of nitrogens with zero attached hydrogens (tertiary/aromatic N) is 2. The van der Waals surface area contributed by atoms with Crippen LogP contribution >= 0.6 is 23.2 Å². The Balaban J connectivity index is 1.36. The molecule has 5 rings (SSSR count). The molecule has 1 heterocycles. The lowest BCUT2D eigenvalue weighted by Crippen LogP contribution is -2.42. The first kappa shape index (κ1) is 25.3. The molecule has 0 aliphatic heterocycles. The number of aliphatic hydroxyl groups excluding tert-OH is 1. The van der Waals surface area contributed by atoms with Gasteiger partial charge < -0.3 is 15.7 Å². The summed E-state index contributed by atoms with van der Waals surface area (Å²) >= 11 is 12.6. The molecule has 3 fully saturated rings. The normalized spacial score (nSPS) is 31.9. The zero-order chi connectivity index (χ0) is 25.7. The second-order valence-corrected chi connectivity index (χ2v) is 11.1. The van der Waals surface area contributed by atoms with E-state index in [1.165, 1.54) is 30.9 Å². The zero-order valence-electron chi connectivity index (χ0n) is 19.3. The van der Waals surface area contributed by atoms with E-state index in [1.807, 2.05) is 0 Å². The molecule has 3 N–H and O–H groups in total. The summed E-state index contributed by atoms with van der Waals surface area (Å²) in [6.07, 6.45) is 5.23. The molecule has 4 atom stereocenters. The van der Waals surface area contributed by atoms with Crippen molar-refractivity contribution in [2.24, 2.45) is 11.3 Å². The van der Waals surface area contributed by atoms with Gasteiger partial charge in [-0.1, -0.05) is 23.2 Å². The van der Waals surface area contributed by atoms with Crippen molar-refractivity contribution < 1.29 is 23.5 Å². The largest absolute Gasteiger partial charge is 0.391 e. The number of carbonyl (C=O) groups excluding carboxylic acids is 2. The Morgan fingerprint density at radius 3 is 2.44 bits per heavy atom. The van der Waals surface area contributed by atoms with E-state index in [9.17, 15) is 14.7 Å². The Morgan fingerprint density at radius 2 is 1.81 bits per heavy atom. The van der Waals surface area contributed by atoms with Gasteiger partial charge >= 0.3 is 0 Å². The molecule has 0 spiro atoms. The summed E-state index contributed by atoms with van der Waals surface area (Å²) in [5, 5.41) is 16.4. The predicted octanol–water partition coefficient (Wildman–Crippen LogP) is 4.32. The van der Waals surface area contributed by atoms with E-state index in [2.05, 4.69) is 20.6 Å². The van der Waals surface area contributed by atoms with Gasteiger partial charge in [-0.3, -0.25) is 9.59 Å². The highest BCUT2D eigenvalue weighted by molar-refractivity contribution is 6.42. The fourth-order valence-corrected chi connectivity index (χ4v) is 6.65.